The molecule has 0 saturated heterocycles. The van der Waals surface area contributed by atoms with Gasteiger partial charge in [-0.15, -0.1) is 0 Å². The normalized spacial score (nSPS) is 16.8. The number of hydrogen-bond acceptors (Lipinski definition) is 2. The van der Waals surface area contributed by atoms with Crippen molar-refractivity contribution in [2.24, 2.45) is 0 Å². The zero-order chi connectivity index (χ0) is 12.9. The third kappa shape index (κ3) is 1.58. The minimum Gasteiger partial charge on any atom is -0.481 e. The maximum atomic E-state index is 11.3. The summed E-state index contributed by atoms with van der Waals surface area (Å²) in [7, 11) is 0. The summed E-state index contributed by atoms with van der Waals surface area (Å²) in [5.41, 5.74) is 0.552. The van der Waals surface area contributed by atoms with Crippen molar-refractivity contribution in [2.45, 2.75) is 18.3 Å². The van der Waals surface area contributed by atoms with Crippen LogP contribution in [0.25, 0.3) is 10.9 Å². The first kappa shape index (κ1) is 11.8. The molecular weight excluding hydrogens is 273 g/mol. The molecule has 1 aliphatic rings. The Morgan fingerprint density at radius 1 is 1.22 bits per heavy atom. The lowest BCUT2D eigenvalue weighted by molar-refractivity contribution is -0.140. The van der Waals surface area contributed by atoms with Crippen LogP contribution in [0.3, 0.4) is 0 Å². The number of nitrogens with zero attached hydrogens (tertiary/aromatic N) is 1. The van der Waals surface area contributed by atoms with Crippen molar-refractivity contribution < 1.29 is 9.90 Å². The number of pyridine rings is 1. The molecular formula is C13H9Cl2NO2. The molecule has 1 fully saturated rings. The number of carboxylic acid groups (broad SMARTS) is 1. The van der Waals surface area contributed by atoms with Gasteiger partial charge in [0.1, 0.15) is 5.15 Å². The molecule has 1 aromatic heterocycles. The van der Waals surface area contributed by atoms with E-state index in [9.17, 15) is 9.90 Å². The molecule has 2 aromatic rings. The predicted octanol–water partition coefficient (Wildman–Crippen LogP) is 3.66. The van der Waals surface area contributed by atoms with Crippen molar-refractivity contribution in [3.05, 3.63) is 40.0 Å². The van der Waals surface area contributed by atoms with Gasteiger partial charge in [0.2, 0.25) is 0 Å². The van der Waals surface area contributed by atoms with Crippen LogP contribution < -0.4 is 0 Å². The highest BCUT2D eigenvalue weighted by Gasteiger charge is 2.53. The van der Waals surface area contributed by atoms with Gasteiger partial charge < -0.3 is 5.11 Å². The number of hydrogen-bond donors (Lipinski definition) is 1. The van der Waals surface area contributed by atoms with E-state index in [1.165, 1.54) is 0 Å². The SMILES string of the molecule is O=C(O)C1(c2ccc3nc(Cl)ccc3c2Cl)CC1. The Morgan fingerprint density at radius 2 is 1.94 bits per heavy atom. The van der Waals surface area contributed by atoms with Gasteiger partial charge in [-0.05, 0) is 36.6 Å². The average Bonchev–Trinajstić information content (AvgIpc) is 3.10. The number of aromatic nitrogens is 1. The van der Waals surface area contributed by atoms with E-state index < -0.39 is 11.4 Å². The number of benzene rings is 1. The van der Waals surface area contributed by atoms with Gasteiger partial charge in [-0.25, -0.2) is 4.98 Å². The van der Waals surface area contributed by atoms with Crippen molar-refractivity contribution in [1.82, 2.24) is 4.98 Å². The third-order valence-corrected chi connectivity index (χ3v) is 4.06. The second-order valence-electron chi connectivity index (χ2n) is 4.52. The first-order chi connectivity index (χ1) is 8.54. The molecule has 0 bridgehead atoms. The van der Waals surface area contributed by atoms with Crippen molar-refractivity contribution >= 4 is 40.1 Å². The largest absolute Gasteiger partial charge is 0.481 e. The molecule has 5 heteroatoms. The molecule has 3 rings (SSSR count). The quantitative estimate of drug-likeness (QED) is 0.855. The molecule has 0 atom stereocenters. The fraction of sp³-hybridized carbons (Fsp3) is 0.231. The second-order valence-corrected chi connectivity index (χ2v) is 5.28. The van der Waals surface area contributed by atoms with Gasteiger partial charge in [0, 0.05) is 5.39 Å². The Kier molecular flexibility index (Phi) is 2.50. The highest BCUT2D eigenvalue weighted by molar-refractivity contribution is 6.37. The Labute approximate surface area is 113 Å². The lowest BCUT2D eigenvalue weighted by atomic mass is 9.94. The monoisotopic (exact) mass is 281 g/mol. The predicted molar refractivity (Wildman–Crippen MR) is 70.3 cm³/mol. The van der Waals surface area contributed by atoms with Gasteiger partial charge in [0.05, 0.1) is 16.0 Å². The van der Waals surface area contributed by atoms with E-state index in [1.54, 1.807) is 24.3 Å². The van der Waals surface area contributed by atoms with Gasteiger partial charge in [0.25, 0.3) is 0 Å². The molecule has 0 radical (unpaired) electrons. The second kappa shape index (κ2) is 3.84. The lowest BCUT2D eigenvalue weighted by Gasteiger charge is -2.13. The van der Waals surface area contributed by atoms with E-state index in [0.717, 1.165) is 5.39 Å². The summed E-state index contributed by atoms with van der Waals surface area (Å²) in [5.74, 6) is -0.814. The summed E-state index contributed by atoms with van der Waals surface area (Å²) in [5, 5.41) is 10.9. The molecule has 1 N–H and O–H groups in total. The molecule has 0 unspecified atom stereocenters. The Bertz CT molecular complexity index is 665. The maximum Gasteiger partial charge on any atom is 0.314 e. The van der Waals surface area contributed by atoms with E-state index in [4.69, 9.17) is 23.2 Å². The highest BCUT2D eigenvalue weighted by Crippen LogP contribution is 2.51. The highest BCUT2D eigenvalue weighted by atomic mass is 35.5. The van der Waals surface area contributed by atoms with Crippen molar-refractivity contribution in [3.8, 4) is 0 Å². The van der Waals surface area contributed by atoms with Crippen LogP contribution in [0.15, 0.2) is 24.3 Å². The van der Waals surface area contributed by atoms with Crippen molar-refractivity contribution in [2.75, 3.05) is 0 Å². The fourth-order valence-electron chi connectivity index (χ4n) is 2.24. The van der Waals surface area contributed by atoms with Gasteiger partial charge >= 0.3 is 5.97 Å². The average molecular weight is 282 g/mol. The van der Waals surface area contributed by atoms with Crippen LogP contribution in [-0.4, -0.2) is 16.1 Å². The number of carbonyl (C=O) groups is 1. The van der Waals surface area contributed by atoms with E-state index in [2.05, 4.69) is 4.98 Å². The van der Waals surface area contributed by atoms with Gasteiger partial charge in [-0.3, -0.25) is 4.79 Å². The summed E-state index contributed by atoms with van der Waals surface area (Å²) < 4.78 is 0. The smallest absolute Gasteiger partial charge is 0.314 e. The molecule has 18 heavy (non-hydrogen) atoms. The van der Waals surface area contributed by atoms with Crippen LogP contribution in [0.4, 0.5) is 0 Å². The zero-order valence-corrected chi connectivity index (χ0v) is 10.8. The topological polar surface area (TPSA) is 50.2 Å². The van der Waals surface area contributed by atoms with Crippen molar-refractivity contribution in [1.29, 1.82) is 0 Å². The Balaban J connectivity index is 2.24. The van der Waals surface area contributed by atoms with Gasteiger partial charge in [0.15, 0.2) is 0 Å². The molecule has 0 amide bonds. The van der Waals surface area contributed by atoms with Gasteiger partial charge in [-0.2, -0.15) is 0 Å². The minimum absolute atomic E-state index is 0.394. The summed E-state index contributed by atoms with van der Waals surface area (Å²) in [6, 6.07) is 6.94. The van der Waals surface area contributed by atoms with Gasteiger partial charge in [-0.1, -0.05) is 29.3 Å². The fourth-order valence-corrected chi connectivity index (χ4v) is 2.79. The van der Waals surface area contributed by atoms with Crippen LogP contribution in [0.1, 0.15) is 18.4 Å². The molecule has 3 nitrogen and oxygen atoms in total. The standard InChI is InChI=1S/C13H9Cl2NO2/c14-10-4-1-7-9(16-10)3-2-8(11(7)15)13(5-6-13)12(17)18/h1-4H,5-6H2,(H,17,18). The first-order valence-electron chi connectivity index (χ1n) is 5.53. The van der Waals surface area contributed by atoms with Crippen LogP contribution >= 0.6 is 23.2 Å². The van der Waals surface area contributed by atoms with Crippen LogP contribution in [0.2, 0.25) is 10.2 Å². The molecule has 1 heterocycles. The van der Waals surface area contributed by atoms with E-state index in [1.807, 2.05) is 0 Å². The van der Waals surface area contributed by atoms with Crippen LogP contribution in [0, 0.1) is 0 Å². The number of aliphatic carboxylic acids is 1. The van der Waals surface area contributed by atoms with E-state index in [0.29, 0.717) is 34.1 Å². The summed E-state index contributed by atoms with van der Waals surface area (Å²) in [6.45, 7) is 0. The number of carboxylic acids is 1. The number of rotatable bonds is 2. The minimum atomic E-state index is -0.814. The first-order valence-corrected chi connectivity index (χ1v) is 6.29. The molecule has 0 aliphatic heterocycles. The summed E-state index contributed by atoms with van der Waals surface area (Å²) in [4.78, 5) is 15.5. The molecule has 1 saturated carbocycles. The summed E-state index contributed by atoms with van der Waals surface area (Å²) in [6.07, 6.45) is 1.27. The molecule has 1 aromatic carbocycles. The van der Waals surface area contributed by atoms with E-state index in [-0.39, 0.29) is 0 Å². The molecule has 0 spiro atoms. The Morgan fingerprint density at radius 3 is 2.56 bits per heavy atom. The summed E-state index contributed by atoms with van der Waals surface area (Å²) >= 11 is 12.1. The maximum absolute atomic E-state index is 11.3. The van der Waals surface area contributed by atoms with Crippen molar-refractivity contribution in [3.63, 3.8) is 0 Å². The molecule has 1 aliphatic carbocycles. The lowest BCUT2D eigenvalue weighted by Crippen LogP contribution is -2.19. The number of fused-ring (bicyclic) bond motifs is 1. The molecule has 92 valence electrons. The third-order valence-electron chi connectivity index (χ3n) is 3.45. The Hall–Kier alpha value is -1.32. The zero-order valence-electron chi connectivity index (χ0n) is 9.28. The number of halogens is 2. The van der Waals surface area contributed by atoms with Crippen LogP contribution in [0.5, 0.6) is 0 Å². The van der Waals surface area contributed by atoms with E-state index >= 15 is 0 Å². The van der Waals surface area contributed by atoms with Crippen LogP contribution in [-0.2, 0) is 10.2 Å².